The van der Waals surface area contributed by atoms with Crippen molar-refractivity contribution in [1.29, 1.82) is 0 Å². The number of benzene rings is 2. The zero-order valence-electron chi connectivity index (χ0n) is 12.3. The Labute approximate surface area is 141 Å². The lowest BCUT2D eigenvalue weighted by Crippen LogP contribution is -2.37. The van der Waals surface area contributed by atoms with Gasteiger partial charge in [0.25, 0.3) is 17.5 Å². The zero-order chi connectivity index (χ0) is 17.1. The number of amides is 2. The molecule has 0 bridgehead atoms. The predicted octanol–water partition coefficient (Wildman–Crippen LogP) is 2.67. The molecule has 0 aliphatic carbocycles. The Bertz CT molecular complexity index is 834. The van der Waals surface area contributed by atoms with Crippen LogP contribution in [0, 0.1) is 10.1 Å². The van der Waals surface area contributed by atoms with Crippen LogP contribution in [0.4, 0.5) is 5.69 Å². The smallest absolute Gasteiger partial charge is 0.271 e. The van der Waals surface area contributed by atoms with Crippen LogP contribution in [0.25, 0.3) is 0 Å². The van der Waals surface area contributed by atoms with E-state index in [2.05, 4.69) is 5.10 Å². The number of hydrazone groups is 1. The molecule has 24 heavy (non-hydrogen) atoms. The fourth-order valence-corrected chi connectivity index (χ4v) is 2.92. The second-order valence-electron chi connectivity index (χ2n) is 4.87. The monoisotopic (exact) mass is 341 g/mol. The van der Waals surface area contributed by atoms with E-state index in [1.54, 1.807) is 0 Å². The number of carbonyl (C=O) groups is 2. The largest absolute Gasteiger partial charge is 0.281 e. The average molecular weight is 341 g/mol. The number of non-ortho nitro benzene ring substituents is 1. The molecule has 1 heterocycles. The number of nitro groups is 1. The third kappa shape index (κ3) is 3.18. The van der Waals surface area contributed by atoms with E-state index in [0.717, 1.165) is 10.6 Å². The number of hydrogen-bond donors (Lipinski definition) is 0. The van der Waals surface area contributed by atoms with Gasteiger partial charge in [-0.05, 0) is 12.1 Å². The first-order valence-corrected chi connectivity index (χ1v) is 7.93. The number of rotatable bonds is 3. The molecule has 120 valence electrons. The first-order valence-electron chi connectivity index (χ1n) is 6.95. The molecule has 2 aromatic rings. The van der Waals surface area contributed by atoms with Crippen LogP contribution in [0.5, 0.6) is 0 Å². The third-order valence-electron chi connectivity index (χ3n) is 3.30. The normalized spacial score (nSPS) is 14.2. The van der Waals surface area contributed by atoms with E-state index in [4.69, 9.17) is 0 Å². The van der Waals surface area contributed by atoms with Crippen molar-refractivity contribution in [3.63, 3.8) is 0 Å². The fourth-order valence-electron chi connectivity index (χ4n) is 2.10. The van der Waals surface area contributed by atoms with Crippen molar-refractivity contribution in [2.24, 2.45) is 5.10 Å². The second kappa shape index (κ2) is 6.63. The van der Waals surface area contributed by atoms with Crippen LogP contribution in [0.3, 0.4) is 0 Å². The molecule has 0 atom stereocenters. The van der Waals surface area contributed by atoms with E-state index in [1.807, 2.05) is 30.3 Å². The molecule has 0 fully saturated rings. The Morgan fingerprint density at radius 2 is 1.79 bits per heavy atom. The van der Waals surface area contributed by atoms with Crippen molar-refractivity contribution in [1.82, 2.24) is 5.01 Å². The van der Waals surface area contributed by atoms with Gasteiger partial charge in [-0.1, -0.05) is 42.1 Å². The molecule has 7 nitrogen and oxygen atoms in total. The van der Waals surface area contributed by atoms with Crippen LogP contribution >= 0.6 is 11.8 Å². The molecule has 8 heteroatoms. The molecule has 0 saturated carbocycles. The highest BCUT2D eigenvalue weighted by atomic mass is 32.2. The number of carbonyl (C=O) groups excluding carboxylic acids is 2. The molecular formula is C16H11N3O4S. The summed E-state index contributed by atoms with van der Waals surface area (Å²) >= 11 is 1.26. The number of nitro benzene ring substituents is 1. The highest BCUT2D eigenvalue weighted by Crippen LogP contribution is 2.22. The lowest BCUT2D eigenvalue weighted by molar-refractivity contribution is -0.384. The van der Waals surface area contributed by atoms with Crippen LogP contribution in [0.1, 0.15) is 15.9 Å². The molecule has 1 aliphatic rings. The second-order valence-corrected chi connectivity index (χ2v) is 5.84. The predicted molar refractivity (Wildman–Crippen MR) is 89.7 cm³/mol. The number of nitrogens with zero attached hydrogens (tertiary/aromatic N) is 3. The summed E-state index contributed by atoms with van der Waals surface area (Å²) in [7, 11) is 0. The molecule has 2 aromatic carbocycles. The van der Waals surface area contributed by atoms with E-state index in [1.165, 1.54) is 36.0 Å². The van der Waals surface area contributed by atoms with E-state index >= 15 is 0 Å². The summed E-state index contributed by atoms with van der Waals surface area (Å²) in [5.74, 6) is -0.932. The lowest BCUT2D eigenvalue weighted by Gasteiger charge is -2.21. The van der Waals surface area contributed by atoms with Gasteiger partial charge in [-0.15, -0.1) is 0 Å². The van der Waals surface area contributed by atoms with Crippen LogP contribution in [0.15, 0.2) is 59.7 Å². The van der Waals surface area contributed by atoms with Crippen molar-refractivity contribution in [2.75, 3.05) is 5.75 Å². The minimum absolute atomic E-state index is 0.104. The van der Waals surface area contributed by atoms with Crippen LogP contribution in [-0.2, 0) is 4.79 Å². The molecular weight excluding hydrogens is 330 g/mol. The van der Waals surface area contributed by atoms with Crippen molar-refractivity contribution >= 4 is 34.3 Å². The van der Waals surface area contributed by atoms with Gasteiger partial charge in [0.05, 0.1) is 10.7 Å². The van der Waals surface area contributed by atoms with Gasteiger partial charge in [-0.3, -0.25) is 19.7 Å². The van der Waals surface area contributed by atoms with Gasteiger partial charge >= 0.3 is 0 Å². The van der Waals surface area contributed by atoms with Crippen LogP contribution < -0.4 is 0 Å². The van der Waals surface area contributed by atoms with Gasteiger partial charge in [-0.25, -0.2) is 0 Å². The number of thioether (sulfide) groups is 1. The highest BCUT2D eigenvalue weighted by molar-refractivity contribution is 8.15. The summed E-state index contributed by atoms with van der Waals surface area (Å²) in [6, 6.07) is 14.3. The Morgan fingerprint density at radius 3 is 2.42 bits per heavy atom. The SMILES string of the molecule is O=C1CSC(c2ccccc2)=NN1C(=O)c1ccc([N+](=O)[O-])cc1. The third-order valence-corrected chi connectivity index (χ3v) is 4.28. The van der Waals surface area contributed by atoms with E-state index in [0.29, 0.717) is 5.04 Å². The molecule has 0 aromatic heterocycles. The van der Waals surface area contributed by atoms with Gasteiger partial charge in [0.1, 0.15) is 5.04 Å². The summed E-state index contributed by atoms with van der Waals surface area (Å²) in [6.45, 7) is 0. The van der Waals surface area contributed by atoms with E-state index < -0.39 is 16.7 Å². The molecule has 3 rings (SSSR count). The maximum atomic E-state index is 12.5. The molecule has 0 unspecified atom stereocenters. The van der Waals surface area contributed by atoms with E-state index in [-0.39, 0.29) is 17.0 Å². The van der Waals surface area contributed by atoms with Gasteiger partial charge in [0.15, 0.2) is 0 Å². The maximum Gasteiger partial charge on any atom is 0.281 e. The van der Waals surface area contributed by atoms with Crippen molar-refractivity contribution in [2.45, 2.75) is 0 Å². The molecule has 2 amide bonds. The van der Waals surface area contributed by atoms with E-state index in [9.17, 15) is 19.7 Å². The van der Waals surface area contributed by atoms with Crippen LogP contribution in [-0.4, -0.2) is 32.5 Å². The summed E-state index contributed by atoms with van der Waals surface area (Å²) in [5.41, 5.74) is 0.856. The average Bonchev–Trinajstić information content (AvgIpc) is 2.62. The highest BCUT2D eigenvalue weighted by Gasteiger charge is 2.28. The molecule has 0 saturated heterocycles. The Kier molecular flexibility index (Phi) is 4.39. The summed E-state index contributed by atoms with van der Waals surface area (Å²) < 4.78 is 0. The minimum atomic E-state index is -0.608. The Balaban J connectivity index is 1.89. The van der Waals surface area contributed by atoms with Gasteiger partial charge in [0.2, 0.25) is 0 Å². The first kappa shape index (κ1) is 15.9. The quantitative estimate of drug-likeness (QED) is 0.486. The maximum absolute atomic E-state index is 12.5. The topological polar surface area (TPSA) is 92.9 Å². The summed E-state index contributed by atoms with van der Waals surface area (Å²) in [4.78, 5) is 34.6. The molecule has 1 aliphatic heterocycles. The van der Waals surface area contributed by atoms with Crippen molar-refractivity contribution < 1.29 is 14.5 Å². The molecule has 0 radical (unpaired) electrons. The minimum Gasteiger partial charge on any atom is -0.271 e. The summed E-state index contributed by atoms with van der Waals surface area (Å²) in [6.07, 6.45) is 0. The fraction of sp³-hybridized carbons (Fsp3) is 0.0625. The Morgan fingerprint density at radius 1 is 1.12 bits per heavy atom. The number of imide groups is 1. The van der Waals surface area contributed by atoms with Gasteiger partial charge < -0.3 is 0 Å². The number of hydrogen-bond acceptors (Lipinski definition) is 6. The van der Waals surface area contributed by atoms with Crippen molar-refractivity contribution in [3.8, 4) is 0 Å². The zero-order valence-corrected chi connectivity index (χ0v) is 13.1. The molecule has 0 N–H and O–H groups in total. The standard InChI is InChI=1S/C16H11N3O4S/c20-14-10-24-15(11-4-2-1-3-5-11)17-18(14)16(21)12-6-8-13(9-7-12)19(22)23/h1-9H,10H2. The molecule has 0 spiro atoms. The summed E-state index contributed by atoms with van der Waals surface area (Å²) in [5, 5.41) is 16.2. The van der Waals surface area contributed by atoms with Crippen LogP contribution in [0.2, 0.25) is 0 Å². The van der Waals surface area contributed by atoms with Gasteiger partial charge in [0, 0.05) is 23.3 Å². The Hall–Kier alpha value is -3.00. The van der Waals surface area contributed by atoms with Crippen molar-refractivity contribution in [3.05, 3.63) is 75.8 Å². The van der Waals surface area contributed by atoms with Gasteiger partial charge in [-0.2, -0.15) is 10.1 Å². The first-order chi connectivity index (χ1) is 11.6. The lowest BCUT2D eigenvalue weighted by atomic mass is 10.2.